The van der Waals surface area contributed by atoms with E-state index in [0.717, 1.165) is 52.2 Å². The molecule has 2 heterocycles. The van der Waals surface area contributed by atoms with Crippen molar-refractivity contribution < 1.29 is 9.53 Å². The van der Waals surface area contributed by atoms with Crippen molar-refractivity contribution in [2.24, 2.45) is 0 Å². The summed E-state index contributed by atoms with van der Waals surface area (Å²) in [6.45, 7) is 7.01. The van der Waals surface area contributed by atoms with Crippen LogP contribution in [-0.2, 0) is 16.1 Å². The fourth-order valence-electron chi connectivity index (χ4n) is 3.30. The summed E-state index contributed by atoms with van der Waals surface area (Å²) in [6, 6.07) is 8.40. The Morgan fingerprint density at radius 1 is 1.19 bits per heavy atom. The third kappa shape index (κ3) is 3.27. The fourth-order valence-corrected chi connectivity index (χ4v) is 3.30. The van der Waals surface area contributed by atoms with E-state index in [-0.39, 0.29) is 6.04 Å². The standard InChI is InChI=1S/C17H24N2O2/c1-14-5-2-3-6-15(14)13-19-8-4-7-16(17(19)20)18-9-11-21-12-10-18/h2-3,5-6,16H,4,7-13H2,1H3. The molecule has 0 N–H and O–H groups in total. The Hall–Kier alpha value is -1.39. The van der Waals surface area contributed by atoms with Gasteiger partial charge >= 0.3 is 0 Å². The van der Waals surface area contributed by atoms with Crippen LogP contribution in [0, 0.1) is 6.92 Å². The number of morpholine rings is 1. The summed E-state index contributed by atoms with van der Waals surface area (Å²) in [5.41, 5.74) is 2.52. The molecule has 21 heavy (non-hydrogen) atoms. The topological polar surface area (TPSA) is 32.8 Å². The zero-order valence-electron chi connectivity index (χ0n) is 12.8. The van der Waals surface area contributed by atoms with Gasteiger partial charge in [0.1, 0.15) is 0 Å². The predicted octanol–water partition coefficient (Wildman–Crippen LogP) is 1.82. The van der Waals surface area contributed by atoms with E-state index < -0.39 is 0 Å². The van der Waals surface area contributed by atoms with Crippen molar-refractivity contribution in [3.8, 4) is 0 Å². The van der Waals surface area contributed by atoms with Crippen LogP contribution >= 0.6 is 0 Å². The van der Waals surface area contributed by atoms with Gasteiger partial charge in [-0.1, -0.05) is 24.3 Å². The maximum Gasteiger partial charge on any atom is 0.240 e. The van der Waals surface area contributed by atoms with Crippen molar-refractivity contribution in [2.45, 2.75) is 32.4 Å². The average molecular weight is 288 g/mol. The van der Waals surface area contributed by atoms with Crippen molar-refractivity contribution in [1.29, 1.82) is 0 Å². The SMILES string of the molecule is Cc1ccccc1CN1CCCC(N2CCOCC2)C1=O. The van der Waals surface area contributed by atoms with E-state index in [0.29, 0.717) is 5.91 Å². The van der Waals surface area contributed by atoms with E-state index in [2.05, 4.69) is 30.0 Å². The molecule has 2 saturated heterocycles. The van der Waals surface area contributed by atoms with Gasteiger partial charge in [-0.05, 0) is 30.9 Å². The number of likely N-dealkylation sites (tertiary alicyclic amines) is 1. The van der Waals surface area contributed by atoms with Gasteiger partial charge in [0.2, 0.25) is 5.91 Å². The van der Waals surface area contributed by atoms with Crippen LogP contribution in [0.25, 0.3) is 0 Å². The second-order valence-electron chi connectivity index (χ2n) is 5.99. The smallest absolute Gasteiger partial charge is 0.240 e. The number of piperidine rings is 1. The first-order valence-corrected chi connectivity index (χ1v) is 7.91. The lowest BCUT2D eigenvalue weighted by molar-refractivity contribution is -0.142. The molecule has 2 aliphatic heterocycles. The van der Waals surface area contributed by atoms with Crippen molar-refractivity contribution >= 4 is 5.91 Å². The lowest BCUT2D eigenvalue weighted by atomic mass is 10.0. The molecule has 0 saturated carbocycles. The Kier molecular flexibility index (Phi) is 4.56. The van der Waals surface area contributed by atoms with E-state index in [1.54, 1.807) is 0 Å². The molecule has 2 aliphatic rings. The molecule has 0 bridgehead atoms. The number of hydrogen-bond acceptors (Lipinski definition) is 3. The van der Waals surface area contributed by atoms with Gasteiger partial charge in [-0.25, -0.2) is 0 Å². The van der Waals surface area contributed by atoms with E-state index in [4.69, 9.17) is 4.74 Å². The average Bonchev–Trinajstić information content (AvgIpc) is 2.52. The summed E-state index contributed by atoms with van der Waals surface area (Å²) >= 11 is 0. The zero-order valence-corrected chi connectivity index (χ0v) is 12.8. The first-order chi connectivity index (χ1) is 10.3. The Morgan fingerprint density at radius 3 is 2.71 bits per heavy atom. The highest BCUT2D eigenvalue weighted by atomic mass is 16.5. The van der Waals surface area contributed by atoms with Crippen LogP contribution in [0.2, 0.25) is 0 Å². The molecule has 3 rings (SSSR count). The summed E-state index contributed by atoms with van der Waals surface area (Å²) in [4.78, 5) is 17.1. The number of hydrogen-bond donors (Lipinski definition) is 0. The molecule has 1 atom stereocenters. The molecule has 0 aromatic heterocycles. The van der Waals surface area contributed by atoms with Crippen molar-refractivity contribution in [2.75, 3.05) is 32.8 Å². The number of amides is 1. The van der Waals surface area contributed by atoms with Crippen LogP contribution in [0.3, 0.4) is 0 Å². The summed E-state index contributed by atoms with van der Waals surface area (Å²) in [7, 11) is 0. The van der Waals surface area contributed by atoms with Gasteiger partial charge in [0, 0.05) is 26.2 Å². The van der Waals surface area contributed by atoms with Crippen molar-refractivity contribution in [1.82, 2.24) is 9.80 Å². The lowest BCUT2D eigenvalue weighted by Crippen LogP contribution is -2.54. The summed E-state index contributed by atoms with van der Waals surface area (Å²) in [5, 5.41) is 0. The zero-order chi connectivity index (χ0) is 14.7. The number of carbonyl (C=O) groups excluding carboxylic acids is 1. The molecule has 1 aromatic carbocycles. The highest BCUT2D eigenvalue weighted by Gasteiger charge is 2.33. The van der Waals surface area contributed by atoms with Gasteiger partial charge in [-0.3, -0.25) is 9.69 Å². The predicted molar refractivity (Wildman–Crippen MR) is 82.0 cm³/mol. The number of aryl methyl sites for hydroxylation is 1. The number of nitrogens with zero attached hydrogens (tertiary/aromatic N) is 2. The molecule has 0 radical (unpaired) electrons. The van der Waals surface area contributed by atoms with Crippen LogP contribution in [0.15, 0.2) is 24.3 Å². The van der Waals surface area contributed by atoms with Crippen molar-refractivity contribution in [3.63, 3.8) is 0 Å². The largest absolute Gasteiger partial charge is 0.379 e. The quantitative estimate of drug-likeness (QED) is 0.850. The second-order valence-corrected chi connectivity index (χ2v) is 5.99. The summed E-state index contributed by atoms with van der Waals surface area (Å²) < 4.78 is 5.40. The Bertz CT molecular complexity index is 497. The normalized spacial score (nSPS) is 24.3. The molecule has 2 fully saturated rings. The van der Waals surface area contributed by atoms with Crippen molar-refractivity contribution in [3.05, 3.63) is 35.4 Å². The Morgan fingerprint density at radius 2 is 1.95 bits per heavy atom. The van der Waals surface area contributed by atoms with Gasteiger partial charge < -0.3 is 9.64 Å². The van der Waals surface area contributed by atoms with Gasteiger partial charge in [-0.2, -0.15) is 0 Å². The van der Waals surface area contributed by atoms with Crippen LogP contribution in [0.5, 0.6) is 0 Å². The second kappa shape index (κ2) is 6.58. The van der Waals surface area contributed by atoms with Crippen LogP contribution in [0.4, 0.5) is 0 Å². The third-order valence-electron chi connectivity index (χ3n) is 4.61. The minimum atomic E-state index is 0.0617. The van der Waals surface area contributed by atoms with Gasteiger partial charge in [0.25, 0.3) is 0 Å². The number of benzene rings is 1. The minimum absolute atomic E-state index is 0.0617. The molecule has 0 aliphatic carbocycles. The number of carbonyl (C=O) groups is 1. The molecule has 4 heteroatoms. The van der Waals surface area contributed by atoms with E-state index in [9.17, 15) is 4.79 Å². The molecular formula is C17H24N2O2. The summed E-state index contributed by atoms with van der Waals surface area (Å²) in [6.07, 6.45) is 2.09. The van der Waals surface area contributed by atoms with Gasteiger partial charge in [0.05, 0.1) is 19.3 Å². The fraction of sp³-hybridized carbons (Fsp3) is 0.588. The Balaban J connectivity index is 1.68. The summed E-state index contributed by atoms with van der Waals surface area (Å²) in [5.74, 6) is 0.298. The number of ether oxygens (including phenoxy) is 1. The number of rotatable bonds is 3. The van der Waals surface area contributed by atoms with Gasteiger partial charge in [-0.15, -0.1) is 0 Å². The third-order valence-corrected chi connectivity index (χ3v) is 4.61. The molecule has 1 aromatic rings. The van der Waals surface area contributed by atoms with E-state index in [1.807, 2.05) is 11.0 Å². The van der Waals surface area contributed by atoms with Gasteiger partial charge in [0.15, 0.2) is 0 Å². The lowest BCUT2D eigenvalue weighted by Gasteiger charge is -2.40. The molecule has 114 valence electrons. The first-order valence-electron chi connectivity index (χ1n) is 7.91. The maximum absolute atomic E-state index is 12.8. The molecular weight excluding hydrogens is 264 g/mol. The van der Waals surface area contributed by atoms with Crippen LogP contribution in [0.1, 0.15) is 24.0 Å². The van der Waals surface area contributed by atoms with E-state index in [1.165, 1.54) is 11.1 Å². The van der Waals surface area contributed by atoms with Crippen LogP contribution in [-0.4, -0.2) is 54.6 Å². The molecule has 4 nitrogen and oxygen atoms in total. The Labute approximate surface area is 126 Å². The highest BCUT2D eigenvalue weighted by Crippen LogP contribution is 2.21. The van der Waals surface area contributed by atoms with E-state index >= 15 is 0 Å². The van der Waals surface area contributed by atoms with Crippen LogP contribution < -0.4 is 0 Å². The minimum Gasteiger partial charge on any atom is -0.379 e. The first kappa shape index (κ1) is 14.5. The molecule has 1 unspecified atom stereocenters. The highest BCUT2D eigenvalue weighted by molar-refractivity contribution is 5.82. The molecule has 1 amide bonds. The molecule has 0 spiro atoms. The monoisotopic (exact) mass is 288 g/mol. The maximum atomic E-state index is 12.8.